The predicted octanol–water partition coefficient (Wildman–Crippen LogP) is -1.52. The average Bonchev–Trinajstić information content (AvgIpc) is 2.49. The van der Waals surface area contributed by atoms with E-state index in [1.165, 1.54) is 0 Å². The number of hydrogen-bond donors (Lipinski definition) is 4. The molecule has 0 fully saturated rings. The van der Waals surface area contributed by atoms with Gasteiger partial charge in [0.1, 0.15) is 26.4 Å². The van der Waals surface area contributed by atoms with Crippen LogP contribution in [-0.4, -0.2) is 54.9 Å². The zero-order valence-electron chi connectivity index (χ0n) is 11.3. The number of nitrogens with two attached hydrogens (primary N) is 1. The molecule has 0 aromatic heterocycles. The van der Waals surface area contributed by atoms with Gasteiger partial charge in [0.05, 0.1) is 14.2 Å². The molecule has 0 spiro atoms. The molecule has 0 saturated heterocycles. The summed E-state index contributed by atoms with van der Waals surface area (Å²) in [6.07, 6.45) is 0. The summed E-state index contributed by atoms with van der Waals surface area (Å²) in [6, 6.07) is 5.49. The van der Waals surface area contributed by atoms with E-state index in [0.717, 1.165) is 5.56 Å². The second-order valence-corrected chi connectivity index (χ2v) is 4.43. The van der Waals surface area contributed by atoms with Gasteiger partial charge in [0, 0.05) is 5.56 Å². The quantitative estimate of drug-likeness (QED) is 0.461. The summed E-state index contributed by atoms with van der Waals surface area (Å²) in [5, 5.41) is 29.4. The average molecular weight is 272 g/mol. The molecule has 0 amide bonds. The summed E-state index contributed by atoms with van der Waals surface area (Å²) in [7, 11) is 3.13. The van der Waals surface area contributed by atoms with Gasteiger partial charge in [-0.15, -0.1) is 0 Å². The second kappa shape index (κ2) is 7.30. The van der Waals surface area contributed by atoms with E-state index in [0.29, 0.717) is 18.0 Å². The number of aliphatic hydroxyl groups excluding tert-OH is 3. The molecule has 0 unspecified atom stereocenters. The molecule has 19 heavy (non-hydrogen) atoms. The van der Waals surface area contributed by atoms with Gasteiger partial charge in [-0.3, -0.25) is 0 Å². The molecule has 0 radical (unpaired) electrons. The molecular formula is C13H22NO5+. The van der Waals surface area contributed by atoms with Crippen molar-refractivity contribution in [3.05, 3.63) is 23.8 Å². The van der Waals surface area contributed by atoms with E-state index in [1.807, 2.05) is 12.1 Å². The molecule has 0 aliphatic rings. The Bertz CT molecular complexity index is 384. The molecule has 5 N–H and O–H groups in total. The lowest BCUT2D eigenvalue weighted by molar-refractivity contribution is -0.746. The SMILES string of the molecule is COc1ccc(C[NH2+]C(CO)(CO)CO)cc1OC. The number of benzene rings is 1. The summed E-state index contributed by atoms with van der Waals surface area (Å²) >= 11 is 0. The van der Waals surface area contributed by atoms with Gasteiger partial charge in [-0.2, -0.15) is 0 Å². The lowest BCUT2D eigenvalue weighted by Crippen LogP contribution is -2.99. The van der Waals surface area contributed by atoms with Crippen LogP contribution >= 0.6 is 0 Å². The van der Waals surface area contributed by atoms with E-state index in [-0.39, 0.29) is 19.8 Å². The van der Waals surface area contributed by atoms with Crippen molar-refractivity contribution in [2.24, 2.45) is 0 Å². The van der Waals surface area contributed by atoms with Crippen LogP contribution in [0.2, 0.25) is 0 Å². The maximum Gasteiger partial charge on any atom is 0.166 e. The van der Waals surface area contributed by atoms with Crippen molar-refractivity contribution in [2.45, 2.75) is 12.1 Å². The Labute approximate surface area is 112 Å². The van der Waals surface area contributed by atoms with E-state index >= 15 is 0 Å². The predicted molar refractivity (Wildman–Crippen MR) is 69.2 cm³/mol. The monoisotopic (exact) mass is 272 g/mol. The third kappa shape index (κ3) is 3.81. The number of aliphatic hydroxyl groups is 3. The zero-order chi connectivity index (χ0) is 14.3. The van der Waals surface area contributed by atoms with Crippen molar-refractivity contribution < 1.29 is 30.1 Å². The molecule has 0 heterocycles. The molecular weight excluding hydrogens is 250 g/mol. The highest BCUT2D eigenvalue weighted by Gasteiger charge is 2.31. The van der Waals surface area contributed by atoms with E-state index in [9.17, 15) is 15.3 Å². The molecule has 1 aromatic rings. The van der Waals surface area contributed by atoms with Gasteiger partial charge in [0.2, 0.25) is 0 Å². The summed E-state index contributed by atoms with van der Waals surface area (Å²) in [5.41, 5.74) is -0.0231. The summed E-state index contributed by atoms with van der Waals surface area (Å²) in [6.45, 7) is -0.393. The van der Waals surface area contributed by atoms with Gasteiger partial charge in [-0.25, -0.2) is 0 Å². The van der Waals surface area contributed by atoms with Crippen molar-refractivity contribution in [3.8, 4) is 11.5 Å². The highest BCUT2D eigenvalue weighted by atomic mass is 16.5. The lowest BCUT2D eigenvalue weighted by Gasteiger charge is -2.25. The highest BCUT2D eigenvalue weighted by Crippen LogP contribution is 2.27. The van der Waals surface area contributed by atoms with Gasteiger partial charge in [-0.05, 0) is 18.2 Å². The van der Waals surface area contributed by atoms with Crippen molar-refractivity contribution in [1.82, 2.24) is 0 Å². The molecule has 0 saturated carbocycles. The first kappa shape index (κ1) is 15.7. The topological polar surface area (TPSA) is 95.8 Å². The van der Waals surface area contributed by atoms with Crippen molar-refractivity contribution in [1.29, 1.82) is 0 Å². The van der Waals surface area contributed by atoms with Crippen molar-refractivity contribution >= 4 is 0 Å². The Hall–Kier alpha value is -1.34. The molecule has 0 aliphatic heterocycles. The Balaban J connectivity index is 2.77. The van der Waals surface area contributed by atoms with Crippen LogP contribution in [0.25, 0.3) is 0 Å². The molecule has 6 nitrogen and oxygen atoms in total. The number of hydrogen-bond acceptors (Lipinski definition) is 5. The fourth-order valence-corrected chi connectivity index (χ4v) is 1.69. The number of methoxy groups -OCH3 is 2. The van der Waals surface area contributed by atoms with Gasteiger partial charge < -0.3 is 30.1 Å². The van der Waals surface area contributed by atoms with Crippen molar-refractivity contribution in [3.63, 3.8) is 0 Å². The molecule has 1 rings (SSSR count). The van der Waals surface area contributed by atoms with Gasteiger partial charge in [0.15, 0.2) is 17.0 Å². The Morgan fingerprint density at radius 2 is 1.58 bits per heavy atom. The second-order valence-electron chi connectivity index (χ2n) is 4.43. The number of quaternary nitrogens is 1. The molecule has 0 atom stereocenters. The van der Waals surface area contributed by atoms with E-state index < -0.39 is 5.54 Å². The van der Waals surface area contributed by atoms with Crippen LogP contribution in [0.3, 0.4) is 0 Å². The van der Waals surface area contributed by atoms with Crippen LogP contribution in [0.1, 0.15) is 5.56 Å². The molecule has 0 aliphatic carbocycles. The van der Waals surface area contributed by atoms with Crippen LogP contribution in [0.4, 0.5) is 0 Å². The Kier molecular flexibility index (Phi) is 6.04. The minimum Gasteiger partial charge on any atom is -0.493 e. The van der Waals surface area contributed by atoms with Crippen LogP contribution in [0.5, 0.6) is 11.5 Å². The Morgan fingerprint density at radius 3 is 2.05 bits per heavy atom. The van der Waals surface area contributed by atoms with Gasteiger partial charge in [-0.1, -0.05) is 0 Å². The van der Waals surface area contributed by atoms with Crippen LogP contribution < -0.4 is 14.8 Å². The zero-order valence-corrected chi connectivity index (χ0v) is 11.3. The van der Waals surface area contributed by atoms with Gasteiger partial charge in [0.25, 0.3) is 0 Å². The fourth-order valence-electron chi connectivity index (χ4n) is 1.69. The largest absolute Gasteiger partial charge is 0.493 e. The molecule has 1 aromatic carbocycles. The summed E-state index contributed by atoms with van der Waals surface area (Å²) < 4.78 is 10.3. The van der Waals surface area contributed by atoms with E-state index in [2.05, 4.69) is 0 Å². The highest BCUT2D eigenvalue weighted by molar-refractivity contribution is 5.42. The fraction of sp³-hybridized carbons (Fsp3) is 0.538. The minimum absolute atomic E-state index is 0.298. The maximum absolute atomic E-state index is 9.24. The first-order valence-corrected chi connectivity index (χ1v) is 6.02. The standard InChI is InChI=1S/C13H21NO5/c1-18-11-4-3-10(5-12(11)19-2)6-14-13(7-15,8-16)9-17/h3-5,14-17H,6-9H2,1-2H3/p+1. The van der Waals surface area contributed by atoms with Crippen LogP contribution in [-0.2, 0) is 6.54 Å². The normalized spacial score (nSPS) is 11.4. The third-order valence-electron chi connectivity index (χ3n) is 3.16. The number of ether oxygens (including phenoxy) is 2. The summed E-state index contributed by atoms with van der Waals surface area (Å²) in [4.78, 5) is 0. The van der Waals surface area contributed by atoms with E-state index in [1.54, 1.807) is 25.6 Å². The smallest absolute Gasteiger partial charge is 0.166 e. The minimum atomic E-state index is -0.965. The lowest BCUT2D eigenvalue weighted by atomic mass is 10.0. The van der Waals surface area contributed by atoms with Crippen LogP contribution in [0.15, 0.2) is 18.2 Å². The molecule has 0 bridgehead atoms. The Morgan fingerprint density at radius 1 is 1.00 bits per heavy atom. The molecule has 108 valence electrons. The molecule has 6 heteroatoms. The van der Waals surface area contributed by atoms with Crippen LogP contribution in [0, 0.1) is 0 Å². The van der Waals surface area contributed by atoms with E-state index in [4.69, 9.17) is 9.47 Å². The first-order chi connectivity index (χ1) is 9.14. The first-order valence-electron chi connectivity index (χ1n) is 6.02. The number of rotatable bonds is 8. The van der Waals surface area contributed by atoms with Gasteiger partial charge >= 0.3 is 0 Å². The maximum atomic E-state index is 9.24. The van der Waals surface area contributed by atoms with Crippen molar-refractivity contribution in [2.75, 3.05) is 34.0 Å². The summed E-state index contributed by atoms with van der Waals surface area (Å²) in [5.74, 6) is 1.26. The third-order valence-corrected chi connectivity index (χ3v) is 3.16.